The third kappa shape index (κ3) is 4.11. The summed E-state index contributed by atoms with van der Waals surface area (Å²) >= 11 is 4.82. The second kappa shape index (κ2) is 7.47. The summed E-state index contributed by atoms with van der Waals surface area (Å²) in [5.74, 6) is -1.03. The van der Waals surface area contributed by atoms with Crippen LogP contribution >= 0.6 is 27.3 Å². The fraction of sp³-hybridized carbons (Fsp3) is 0.375. The zero-order chi connectivity index (χ0) is 15.4. The van der Waals surface area contributed by atoms with E-state index in [4.69, 9.17) is 0 Å². The lowest BCUT2D eigenvalue weighted by atomic mass is 10.0. The molecule has 1 nitrogen and oxygen atoms in total. The Morgan fingerprint density at radius 1 is 1.14 bits per heavy atom. The molecule has 21 heavy (non-hydrogen) atoms. The van der Waals surface area contributed by atoms with E-state index in [9.17, 15) is 8.78 Å². The average molecular weight is 374 g/mol. The van der Waals surface area contributed by atoms with Crippen LogP contribution in [0.15, 0.2) is 28.7 Å². The van der Waals surface area contributed by atoms with E-state index in [1.165, 1.54) is 17.0 Å². The van der Waals surface area contributed by atoms with Gasteiger partial charge in [0.25, 0.3) is 0 Å². The number of aryl methyl sites for hydroxylation is 1. The van der Waals surface area contributed by atoms with Crippen molar-refractivity contribution in [3.8, 4) is 0 Å². The Morgan fingerprint density at radius 3 is 2.29 bits per heavy atom. The van der Waals surface area contributed by atoms with Crippen molar-refractivity contribution in [3.05, 3.63) is 55.7 Å². The summed E-state index contributed by atoms with van der Waals surface area (Å²) in [5, 5.41) is 3.19. The largest absolute Gasteiger partial charge is 0.310 e. The number of rotatable bonds is 6. The summed E-state index contributed by atoms with van der Waals surface area (Å²) in [6.07, 6.45) is 1.57. The van der Waals surface area contributed by atoms with Crippen LogP contribution in [0.1, 0.15) is 35.2 Å². The van der Waals surface area contributed by atoms with Gasteiger partial charge >= 0.3 is 0 Å². The van der Waals surface area contributed by atoms with Gasteiger partial charge in [-0.3, -0.25) is 0 Å². The zero-order valence-corrected chi connectivity index (χ0v) is 14.5. The van der Waals surface area contributed by atoms with Crippen molar-refractivity contribution in [2.45, 2.75) is 32.7 Å². The Hall–Kier alpha value is -0.780. The molecule has 0 amide bonds. The van der Waals surface area contributed by atoms with Crippen molar-refractivity contribution in [3.63, 3.8) is 0 Å². The minimum absolute atomic E-state index is 0.117. The molecule has 1 atom stereocenters. The van der Waals surface area contributed by atoms with Crippen molar-refractivity contribution >= 4 is 27.3 Å². The van der Waals surface area contributed by atoms with Crippen LogP contribution in [0.2, 0.25) is 0 Å². The molecule has 2 rings (SSSR count). The SMILES string of the molecule is CCNC(Cc1ccc(CC)s1)c1c(F)cc(Br)cc1F. The maximum atomic E-state index is 14.2. The number of hydrogen-bond acceptors (Lipinski definition) is 2. The molecule has 0 radical (unpaired) electrons. The number of halogens is 3. The molecule has 114 valence electrons. The fourth-order valence-electron chi connectivity index (χ4n) is 2.33. The molecule has 1 unspecified atom stereocenters. The van der Waals surface area contributed by atoms with Crippen molar-refractivity contribution in [1.29, 1.82) is 0 Å². The first-order valence-electron chi connectivity index (χ1n) is 7.00. The summed E-state index contributed by atoms with van der Waals surface area (Å²) in [6.45, 7) is 4.70. The lowest BCUT2D eigenvalue weighted by Gasteiger charge is -2.19. The second-order valence-electron chi connectivity index (χ2n) is 4.82. The average Bonchev–Trinajstić information content (AvgIpc) is 2.85. The maximum Gasteiger partial charge on any atom is 0.132 e. The van der Waals surface area contributed by atoms with Gasteiger partial charge in [0.15, 0.2) is 0 Å². The molecule has 0 bridgehead atoms. The summed E-state index contributed by atoms with van der Waals surface area (Å²) in [5.41, 5.74) is 0.117. The van der Waals surface area contributed by atoms with E-state index in [2.05, 4.69) is 34.2 Å². The highest BCUT2D eigenvalue weighted by Crippen LogP contribution is 2.29. The van der Waals surface area contributed by atoms with Crippen LogP contribution < -0.4 is 5.32 Å². The summed E-state index contributed by atoms with van der Waals surface area (Å²) in [6, 6.07) is 6.40. The highest BCUT2D eigenvalue weighted by atomic mass is 79.9. The molecule has 1 aromatic carbocycles. The smallest absolute Gasteiger partial charge is 0.132 e. The van der Waals surface area contributed by atoms with Crippen molar-refractivity contribution in [2.24, 2.45) is 0 Å². The van der Waals surface area contributed by atoms with Gasteiger partial charge in [0, 0.05) is 32.3 Å². The molecule has 0 aliphatic carbocycles. The van der Waals surface area contributed by atoms with Crippen LogP contribution in [0, 0.1) is 11.6 Å². The Labute approximate surface area is 136 Å². The number of thiophene rings is 1. The summed E-state index contributed by atoms with van der Waals surface area (Å²) in [7, 11) is 0. The van der Waals surface area contributed by atoms with E-state index in [1.807, 2.05) is 13.0 Å². The normalized spacial score (nSPS) is 12.6. The van der Waals surface area contributed by atoms with Crippen molar-refractivity contribution < 1.29 is 8.78 Å². The van der Waals surface area contributed by atoms with Crippen LogP contribution in [0.5, 0.6) is 0 Å². The minimum atomic E-state index is -0.514. The topological polar surface area (TPSA) is 12.0 Å². The van der Waals surface area contributed by atoms with Crippen LogP contribution in [0.25, 0.3) is 0 Å². The molecule has 0 aliphatic rings. The summed E-state index contributed by atoms with van der Waals surface area (Å²) < 4.78 is 28.7. The van der Waals surface area contributed by atoms with E-state index < -0.39 is 11.6 Å². The fourth-order valence-corrected chi connectivity index (χ4v) is 3.74. The van der Waals surface area contributed by atoms with E-state index in [0.29, 0.717) is 17.4 Å². The Morgan fingerprint density at radius 2 is 1.76 bits per heavy atom. The summed E-state index contributed by atoms with van der Waals surface area (Å²) in [4.78, 5) is 2.43. The molecule has 1 N–H and O–H groups in total. The maximum absolute atomic E-state index is 14.2. The van der Waals surface area contributed by atoms with Crippen molar-refractivity contribution in [1.82, 2.24) is 5.32 Å². The van der Waals surface area contributed by atoms with E-state index >= 15 is 0 Å². The molecule has 1 heterocycles. The molecule has 2 aromatic rings. The van der Waals surface area contributed by atoms with Gasteiger partial charge in [-0.05, 0) is 37.2 Å². The molecule has 0 fully saturated rings. The van der Waals surface area contributed by atoms with Crippen LogP contribution in [-0.2, 0) is 12.8 Å². The van der Waals surface area contributed by atoms with Gasteiger partial charge < -0.3 is 5.32 Å². The highest BCUT2D eigenvalue weighted by molar-refractivity contribution is 9.10. The van der Waals surface area contributed by atoms with Crippen LogP contribution in [-0.4, -0.2) is 6.54 Å². The first kappa shape index (κ1) is 16.6. The molecule has 0 saturated heterocycles. The van der Waals surface area contributed by atoms with Crippen LogP contribution in [0.4, 0.5) is 8.78 Å². The number of hydrogen-bond donors (Lipinski definition) is 1. The van der Waals surface area contributed by atoms with Gasteiger partial charge in [-0.2, -0.15) is 0 Å². The van der Waals surface area contributed by atoms with Gasteiger partial charge in [0.05, 0.1) is 0 Å². The van der Waals surface area contributed by atoms with Gasteiger partial charge in [0.2, 0.25) is 0 Å². The highest BCUT2D eigenvalue weighted by Gasteiger charge is 2.21. The number of nitrogens with one attached hydrogen (secondary N) is 1. The Kier molecular flexibility index (Phi) is 5.90. The van der Waals surface area contributed by atoms with Gasteiger partial charge in [-0.15, -0.1) is 11.3 Å². The standard InChI is InChI=1S/C16H18BrF2NS/c1-3-11-5-6-12(21-11)9-15(20-4-2)16-13(18)7-10(17)8-14(16)19/h5-8,15,20H,3-4,9H2,1-2H3. The van der Waals surface area contributed by atoms with Gasteiger partial charge in [-0.25, -0.2) is 8.78 Å². The first-order valence-corrected chi connectivity index (χ1v) is 8.61. The third-order valence-corrected chi connectivity index (χ3v) is 5.02. The second-order valence-corrected chi connectivity index (χ2v) is 6.99. The molecule has 0 saturated carbocycles. The third-order valence-electron chi connectivity index (χ3n) is 3.31. The molecule has 5 heteroatoms. The van der Waals surface area contributed by atoms with Gasteiger partial charge in [-0.1, -0.05) is 29.8 Å². The Bertz CT molecular complexity index is 589. The van der Waals surface area contributed by atoms with E-state index in [0.717, 1.165) is 11.3 Å². The quantitative estimate of drug-likeness (QED) is 0.729. The lowest BCUT2D eigenvalue weighted by Crippen LogP contribution is -2.24. The molecular formula is C16H18BrF2NS. The molecular weight excluding hydrogens is 356 g/mol. The lowest BCUT2D eigenvalue weighted by molar-refractivity contribution is 0.474. The monoisotopic (exact) mass is 373 g/mol. The van der Waals surface area contributed by atoms with Gasteiger partial charge in [0.1, 0.15) is 11.6 Å². The minimum Gasteiger partial charge on any atom is -0.310 e. The Balaban J connectivity index is 2.30. The zero-order valence-electron chi connectivity index (χ0n) is 12.1. The first-order chi connectivity index (χ1) is 10.0. The molecule has 0 spiro atoms. The van der Waals surface area contributed by atoms with E-state index in [1.54, 1.807) is 11.3 Å². The van der Waals surface area contributed by atoms with E-state index in [-0.39, 0.29) is 11.6 Å². The number of likely N-dealkylation sites (N-methyl/N-ethyl adjacent to an activating group) is 1. The van der Waals surface area contributed by atoms with Crippen LogP contribution in [0.3, 0.4) is 0 Å². The predicted octanol–water partition coefficient (Wildman–Crippen LogP) is 5.24. The molecule has 0 aliphatic heterocycles. The molecule has 1 aromatic heterocycles. The number of benzene rings is 1. The van der Waals surface area contributed by atoms with Crippen molar-refractivity contribution in [2.75, 3.05) is 6.54 Å². The predicted molar refractivity (Wildman–Crippen MR) is 87.9 cm³/mol.